The number of rotatable bonds is 2. The van der Waals surface area contributed by atoms with Gasteiger partial charge in [-0.25, -0.2) is 0 Å². The van der Waals surface area contributed by atoms with Gasteiger partial charge in [0.1, 0.15) is 0 Å². The second-order valence-corrected chi connectivity index (χ2v) is 6.86. The summed E-state index contributed by atoms with van der Waals surface area (Å²) in [7, 11) is 0. The minimum atomic E-state index is -0.121. The van der Waals surface area contributed by atoms with Crippen molar-refractivity contribution in [1.29, 1.82) is 0 Å². The molecule has 1 aromatic rings. The maximum Gasteiger partial charge on any atom is 0.0695 e. The molecule has 0 radical (unpaired) electrons. The number of nitrogens with zero attached hydrogens (tertiary/aromatic N) is 1. The molecule has 3 atom stereocenters. The van der Waals surface area contributed by atoms with E-state index < -0.39 is 0 Å². The second-order valence-electron chi connectivity index (χ2n) is 6.86. The third-order valence-corrected chi connectivity index (χ3v) is 5.41. The molecule has 1 saturated carbocycles. The molecule has 1 aliphatic heterocycles. The van der Waals surface area contributed by atoms with Crippen LogP contribution in [0.5, 0.6) is 0 Å². The standard InChI is InChI=1S/C19H29NO/c21-19-12-11-17(16-9-5-4-6-10-16)15-18(19)20-13-7-2-1-3-8-14-20/h4-6,9-10,17-19,21H,1-3,7-8,11-15H2. The number of likely N-dealkylation sites (tertiary alicyclic amines) is 1. The van der Waals surface area contributed by atoms with Crippen LogP contribution in [-0.2, 0) is 0 Å². The first-order valence-electron chi connectivity index (χ1n) is 8.81. The summed E-state index contributed by atoms with van der Waals surface area (Å²) in [5.41, 5.74) is 1.46. The predicted molar refractivity (Wildman–Crippen MR) is 87.5 cm³/mol. The summed E-state index contributed by atoms with van der Waals surface area (Å²) < 4.78 is 0. The molecular formula is C19H29NO. The fourth-order valence-corrected chi connectivity index (χ4v) is 4.15. The summed E-state index contributed by atoms with van der Waals surface area (Å²) in [6, 6.07) is 11.3. The van der Waals surface area contributed by atoms with Gasteiger partial charge in [0.2, 0.25) is 0 Å². The van der Waals surface area contributed by atoms with Gasteiger partial charge in [0.15, 0.2) is 0 Å². The summed E-state index contributed by atoms with van der Waals surface area (Å²) in [5.74, 6) is 0.630. The van der Waals surface area contributed by atoms with E-state index in [0.29, 0.717) is 12.0 Å². The van der Waals surface area contributed by atoms with Crippen molar-refractivity contribution in [2.75, 3.05) is 13.1 Å². The molecule has 2 nitrogen and oxygen atoms in total. The molecular weight excluding hydrogens is 258 g/mol. The van der Waals surface area contributed by atoms with Crippen molar-refractivity contribution in [3.05, 3.63) is 35.9 Å². The van der Waals surface area contributed by atoms with Gasteiger partial charge in [-0.15, -0.1) is 0 Å². The van der Waals surface area contributed by atoms with Gasteiger partial charge in [0, 0.05) is 6.04 Å². The summed E-state index contributed by atoms with van der Waals surface area (Å²) in [6.07, 6.45) is 9.83. The van der Waals surface area contributed by atoms with Crippen molar-refractivity contribution in [3.63, 3.8) is 0 Å². The molecule has 0 amide bonds. The molecule has 2 fully saturated rings. The van der Waals surface area contributed by atoms with E-state index in [2.05, 4.69) is 35.2 Å². The lowest BCUT2D eigenvalue weighted by molar-refractivity contribution is 0.0101. The van der Waals surface area contributed by atoms with Gasteiger partial charge in [-0.05, 0) is 56.7 Å². The van der Waals surface area contributed by atoms with Crippen LogP contribution in [0.25, 0.3) is 0 Å². The lowest BCUT2D eigenvalue weighted by Gasteiger charge is -2.41. The Morgan fingerprint density at radius 1 is 0.857 bits per heavy atom. The zero-order valence-electron chi connectivity index (χ0n) is 13.1. The fraction of sp³-hybridized carbons (Fsp3) is 0.684. The van der Waals surface area contributed by atoms with Gasteiger partial charge < -0.3 is 5.11 Å². The lowest BCUT2D eigenvalue weighted by Crippen LogP contribution is -2.48. The van der Waals surface area contributed by atoms with E-state index in [1.165, 1.54) is 50.8 Å². The Balaban J connectivity index is 1.67. The molecule has 1 aliphatic carbocycles. The summed E-state index contributed by atoms with van der Waals surface area (Å²) in [6.45, 7) is 2.37. The third kappa shape index (κ3) is 3.87. The highest BCUT2D eigenvalue weighted by atomic mass is 16.3. The number of aliphatic hydroxyl groups excluding tert-OH is 1. The Hall–Kier alpha value is -0.860. The van der Waals surface area contributed by atoms with Gasteiger partial charge in [-0.3, -0.25) is 4.90 Å². The van der Waals surface area contributed by atoms with Crippen LogP contribution in [-0.4, -0.2) is 35.2 Å². The molecule has 3 rings (SSSR count). The van der Waals surface area contributed by atoms with Gasteiger partial charge in [0.05, 0.1) is 6.10 Å². The van der Waals surface area contributed by atoms with Crippen molar-refractivity contribution in [1.82, 2.24) is 4.90 Å². The van der Waals surface area contributed by atoms with E-state index >= 15 is 0 Å². The molecule has 1 aromatic carbocycles. The molecule has 3 unspecified atom stereocenters. The smallest absolute Gasteiger partial charge is 0.0695 e. The lowest BCUT2D eigenvalue weighted by atomic mass is 9.79. The van der Waals surface area contributed by atoms with Gasteiger partial charge in [-0.2, -0.15) is 0 Å². The first-order chi connectivity index (χ1) is 10.3. The molecule has 1 heterocycles. The quantitative estimate of drug-likeness (QED) is 0.890. The Morgan fingerprint density at radius 2 is 1.52 bits per heavy atom. The molecule has 2 heteroatoms. The number of hydrogen-bond donors (Lipinski definition) is 1. The van der Waals surface area contributed by atoms with E-state index in [-0.39, 0.29) is 6.10 Å². The monoisotopic (exact) mass is 287 g/mol. The molecule has 0 aromatic heterocycles. The topological polar surface area (TPSA) is 23.5 Å². The maximum absolute atomic E-state index is 10.5. The highest BCUT2D eigenvalue weighted by molar-refractivity contribution is 5.20. The Labute approximate surface area is 129 Å². The average Bonchev–Trinajstić information content (AvgIpc) is 2.49. The molecule has 116 valence electrons. The maximum atomic E-state index is 10.5. The molecule has 2 aliphatic rings. The van der Waals surface area contributed by atoms with Gasteiger partial charge in [0.25, 0.3) is 0 Å². The second kappa shape index (κ2) is 7.42. The molecule has 1 N–H and O–H groups in total. The van der Waals surface area contributed by atoms with Crippen LogP contribution in [0.1, 0.15) is 62.8 Å². The van der Waals surface area contributed by atoms with Crippen LogP contribution in [0, 0.1) is 0 Å². The third-order valence-electron chi connectivity index (χ3n) is 5.41. The summed E-state index contributed by atoms with van der Waals surface area (Å²) in [5, 5.41) is 10.5. The van der Waals surface area contributed by atoms with Crippen LogP contribution in [0.3, 0.4) is 0 Å². The number of aliphatic hydroxyl groups is 1. The SMILES string of the molecule is OC1CCC(c2ccccc2)CC1N1CCCCCCC1. The van der Waals surface area contributed by atoms with Crippen LogP contribution >= 0.6 is 0 Å². The summed E-state index contributed by atoms with van der Waals surface area (Å²) >= 11 is 0. The average molecular weight is 287 g/mol. The molecule has 0 spiro atoms. The Kier molecular flexibility index (Phi) is 5.32. The van der Waals surface area contributed by atoms with Crippen LogP contribution in [0.2, 0.25) is 0 Å². The van der Waals surface area contributed by atoms with Crippen LogP contribution in [0.15, 0.2) is 30.3 Å². The molecule has 1 saturated heterocycles. The Morgan fingerprint density at radius 3 is 2.24 bits per heavy atom. The van der Waals surface area contributed by atoms with Crippen molar-refractivity contribution < 1.29 is 5.11 Å². The predicted octanol–water partition coefficient (Wildman–Crippen LogP) is 3.95. The number of hydrogen-bond acceptors (Lipinski definition) is 2. The molecule has 21 heavy (non-hydrogen) atoms. The van der Waals surface area contributed by atoms with E-state index in [0.717, 1.165) is 19.3 Å². The van der Waals surface area contributed by atoms with Crippen molar-refractivity contribution >= 4 is 0 Å². The molecule has 0 bridgehead atoms. The highest BCUT2D eigenvalue weighted by Gasteiger charge is 2.33. The number of benzene rings is 1. The minimum Gasteiger partial charge on any atom is -0.391 e. The van der Waals surface area contributed by atoms with Gasteiger partial charge >= 0.3 is 0 Å². The first-order valence-corrected chi connectivity index (χ1v) is 8.81. The van der Waals surface area contributed by atoms with Crippen LogP contribution in [0.4, 0.5) is 0 Å². The van der Waals surface area contributed by atoms with Gasteiger partial charge in [-0.1, -0.05) is 49.6 Å². The fourth-order valence-electron chi connectivity index (χ4n) is 4.15. The summed E-state index contributed by atoms with van der Waals surface area (Å²) in [4.78, 5) is 2.60. The highest BCUT2D eigenvalue weighted by Crippen LogP contribution is 2.35. The van der Waals surface area contributed by atoms with E-state index in [4.69, 9.17) is 0 Å². The zero-order chi connectivity index (χ0) is 14.5. The largest absolute Gasteiger partial charge is 0.391 e. The van der Waals surface area contributed by atoms with Crippen molar-refractivity contribution in [3.8, 4) is 0 Å². The Bertz CT molecular complexity index is 411. The normalized spacial score (nSPS) is 32.3. The zero-order valence-corrected chi connectivity index (χ0v) is 13.1. The van der Waals surface area contributed by atoms with E-state index in [9.17, 15) is 5.11 Å². The van der Waals surface area contributed by atoms with Crippen molar-refractivity contribution in [2.45, 2.75) is 69.4 Å². The minimum absolute atomic E-state index is 0.121. The van der Waals surface area contributed by atoms with E-state index in [1.54, 1.807) is 0 Å². The van der Waals surface area contributed by atoms with Crippen molar-refractivity contribution in [2.24, 2.45) is 0 Å². The van der Waals surface area contributed by atoms with Crippen LogP contribution < -0.4 is 0 Å². The van der Waals surface area contributed by atoms with E-state index in [1.807, 2.05) is 0 Å². The first kappa shape index (κ1) is 15.1.